The van der Waals surface area contributed by atoms with Crippen molar-refractivity contribution in [3.8, 4) is 123 Å². The van der Waals surface area contributed by atoms with E-state index in [4.69, 9.17) is 39.9 Å². The van der Waals surface area contributed by atoms with Crippen molar-refractivity contribution in [1.29, 1.82) is 0 Å². The van der Waals surface area contributed by atoms with Gasteiger partial charge < -0.3 is 0 Å². The number of rotatable bonds is 11. The van der Waals surface area contributed by atoms with Gasteiger partial charge in [-0.2, -0.15) is 0 Å². The lowest BCUT2D eigenvalue weighted by Crippen LogP contribution is -1.96. The molecule has 88 heavy (non-hydrogen) atoms. The standard InChI is InChI=1S/C80H50N8/c1-5-13-71-63(9-1)41-67(47-81-71)53-21-33-59(34-22-53)77-45-75(85-79(87-77)61-37-25-55(26-38-61)69-43-65-11-3-7-15-73(65)83-49-69)57-29-17-51(18-30-57)52-19-31-58(32-20-52)76-46-78(60-35-23-54(24-36-60)68-42-64-10-2-6-14-72(64)82-48-68)88-80(86-76)62-39-27-56(28-40-62)70-44-66-12-4-8-16-74(66)84-50-70/h1-50H. The molecule has 410 valence electrons. The molecule has 0 spiro atoms. The van der Waals surface area contributed by atoms with Gasteiger partial charge in [0.1, 0.15) is 0 Å². The lowest BCUT2D eigenvalue weighted by molar-refractivity contribution is 1.18. The van der Waals surface area contributed by atoms with Crippen LogP contribution in [0.5, 0.6) is 0 Å². The Balaban J connectivity index is 0.712. The normalized spacial score (nSPS) is 11.4. The van der Waals surface area contributed by atoms with Gasteiger partial charge in [-0.05, 0) is 94.0 Å². The molecule has 6 heterocycles. The van der Waals surface area contributed by atoms with Crippen molar-refractivity contribution in [2.45, 2.75) is 0 Å². The second-order valence-electron chi connectivity index (χ2n) is 22.1. The van der Waals surface area contributed by atoms with E-state index in [9.17, 15) is 0 Å². The highest BCUT2D eigenvalue weighted by molar-refractivity contribution is 5.88. The summed E-state index contributed by atoms with van der Waals surface area (Å²) in [4.78, 5) is 39.9. The van der Waals surface area contributed by atoms with E-state index in [-0.39, 0.29) is 0 Å². The van der Waals surface area contributed by atoms with E-state index in [0.717, 1.165) is 155 Å². The summed E-state index contributed by atoms with van der Waals surface area (Å²) in [6.45, 7) is 0. The van der Waals surface area contributed by atoms with Crippen LogP contribution < -0.4 is 0 Å². The average Bonchev–Trinajstić information content (AvgIpc) is 3.12. The molecule has 0 atom stereocenters. The van der Waals surface area contributed by atoms with Gasteiger partial charge in [0.05, 0.1) is 44.8 Å². The summed E-state index contributed by atoms with van der Waals surface area (Å²) in [5, 5.41) is 4.42. The Morgan fingerprint density at radius 2 is 0.352 bits per heavy atom. The number of nitrogens with zero attached hydrogens (tertiary/aromatic N) is 8. The highest BCUT2D eigenvalue weighted by Gasteiger charge is 2.16. The topological polar surface area (TPSA) is 103 Å². The molecule has 0 saturated carbocycles. The van der Waals surface area contributed by atoms with Gasteiger partial charge in [0.25, 0.3) is 0 Å². The molecule has 0 N–H and O–H groups in total. The fourth-order valence-electron chi connectivity index (χ4n) is 11.6. The first kappa shape index (κ1) is 51.6. The van der Waals surface area contributed by atoms with E-state index >= 15 is 0 Å². The fraction of sp³-hybridized carbons (Fsp3) is 0. The Morgan fingerprint density at radius 1 is 0.159 bits per heavy atom. The molecule has 8 nitrogen and oxygen atoms in total. The molecule has 0 radical (unpaired) electrons. The maximum absolute atomic E-state index is 5.25. The predicted octanol–water partition coefficient (Wildman–Crippen LogP) is 19.8. The van der Waals surface area contributed by atoms with E-state index in [1.54, 1.807) is 0 Å². The molecule has 6 aromatic heterocycles. The number of hydrogen-bond donors (Lipinski definition) is 0. The summed E-state index contributed by atoms with van der Waals surface area (Å²) in [5.74, 6) is 1.28. The van der Waals surface area contributed by atoms with Crippen LogP contribution in [-0.2, 0) is 0 Å². The summed E-state index contributed by atoms with van der Waals surface area (Å²) >= 11 is 0. The van der Waals surface area contributed by atoms with Crippen LogP contribution in [-0.4, -0.2) is 39.9 Å². The number of para-hydroxylation sites is 4. The minimum atomic E-state index is 0.639. The number of aromatic nitrogens is 8. The van der Waals surface area contributed by atoms with Gasteiger partial charge in [-0.15, -0.1) is 0 Å². The summed E-state index contributed by atoms with van der Waals surface area (Å²) in [5.41, 5.74) is 23.7. The first-order chi connectivity index (χ1) is 43.5. The first-order valence-corrected chi connectivity index (χ1v) is 29.3. The van der Waals surface area contributed by atoms with Crippen molar-refractivity contribution in [3.05, 3.63) is 304 Å². The molecule has 16 aromatic rings. The predicted molar refractivity (Wildman–Crippen MR) is 359 cm³/mol. The second kappa shape index (κ2) is 22.2. The van der Waals surface area contributed by atoms with Crippen molar-refractivity contribution in [3.63, 3.8) is 0 Å². The molecule has 0 aliphatic rings. The van der Waals surface area contributed by atoms with Crippen molar-refractivity contribution in [2.75, 3.05) is 0 Å². The van der Waals surface area contributed by atoms with Crippen molar-refractivity contribution < 1.29 is 0 Å². The van der Waals surface area contributed by atoms with Crippen LogP contribution in [0, 0.1) is 0 Å². The number of benzene rings is 10. The van der Waals surface area contributed by atoms with Gasteiger partial charge in [-0.25, -0.2) is 19.9 Å². The average molecular weight is 1120 g/mol. The van der Waals surface area contributed by atoms with Crippen molar-refractivity contribution in [2.24, 2.45) is 0 Å². The molecule has 0 unspecified atom stereocenters. The smallest absolute Gasteiger partial charge is 0.160 e. The minimum absolute atomic E-state index is 0.639. The molecular formula is C80H50N8. The van der Waals surface area contributed by atoms with Crippen LogP contribution >= 0.6 is 0 Å². The number of hydrogen-bond acceptors (Lipinski definition) is 8. The van der Waals surface area contributed by atoms with Crippen LogP contribution in [0.15, 0.2) is 304 Å². The zero-order valence-corrected chi connectivity index (χ0v) is 47.4. The Labute approximate surface area is 508 Å². The highest BCUT2D eigenvalue weighted by atomic mass is 14.9. The quantitative estimate of drug-likeness (QED) is 0.126. The maximum atomic E-state index is 5.25. The Bertz CT molecular complexity index is 4670. The fourth-order valence-corrected chi connectivity index (χ4v) is 11.6. The Kier molecular flexibility index (Phi) is 13.0. The molecule has 16 rings (SSSR count). The monoisotopic (exact) mass is 1120 g/mol. The van der Waals surface area contributed by atoms with E-state index in [2.05, 4.69) is 206 Å². The van der Waals surface area contributed by atoms with Gasteiger partial charge in [-0.3, -0.25) is 19.9 Å². The molecular weight excluding hydrogens is 1070 g/mol. The van der Waals surface area contributed by atoms with Crippen molar-refractivity contribution in [1.82, 2.24) is 39.9 Å². The molecule has 0 aliphatic carbocycles. The molecule has 0 fully saturated rings. The van der Waals surface area contributed by atoms with Gasteiger partial charge in [0.15, 0.2) is 11.6 Å². The van der Waals surface area contributed by atoms with Crippen LogP contribution in [0.4, 0.5) is 0 Å². The largest absolute Gasteiger partial charge is 0.256 e. The Morgan fingerprint density at radius 3 is 0.591 bits per heavy atom. The highest BCUT2D eigenvalue weighted by Crippen LogP contribution is 2.36. The number of pyridine rings is 4. The van der Waals surface area contributed by atoms with Crippen LogP contribution in [0.2, 0.25) is 0 Å². The van der Waals surface area contributed by atoms with E-state index < -0.39 is 0 Å². The van der Waals surface area contributed by atoms with Crippen LogP contribution in [0.25, 0.3) is 167 Å². The Hall–Kier alpha value is -12.0. The van der Waals surface area contributed by atoms with Gasteiger partial charge in [-0.1, -0.05) is 218 Å². The summed E-state index contributed by atoms with van der Waals surface area (Å²) in [7, 11) is 0. The molecule has 0 bridgehead atoms. The van der Waals surface area contributed by atoms with Crippen LogP contribution in [0.1, 0.15) is 0 Å². The van der Waals surface area contributed by atoms with Crippen LogP contribution in [0.3, 0.4) is 0 Å². The third-order valence-electron chi connectivity index (χ3n) is 16.5. The van der Waals surface area contributed by atoms with Gasteiger partial charge in [0, 0.05) is 102 Å². The maximum Gasteiger partial charge on any atom is 0.160 e. The molecule has 8 heteroatoms. The minimum Gasteiger partial charge on any atom is -0.256 e. The summed E-state index contributed by atoms with van der Waals surface area (Å²) < 4.78 is 0. The summed E-state index contributed by atoms with van der Waals surface area (Å²) in [6.07, 6.45) is 7.75. The molecule has 0 aliphatic heterocycles. The zero-order chi connectivity index (χ0) is 58.3. The third-order valence-corrected chi connectivity index (χ3v) is 16.5. The van der Waals surface area contributed by atoms with E-state index in [0.29, 0.717) is 11.6 Å². The lowest BCUT2D eigenvalue weighted by atomic mass is 9.98. The first-order valence-electron chi connectivity index (χ1n) is 29.3. The third kappa shape index (κ3) is 10.3. The lowest BCUT2D eigenvalue weighted by Gasteiger charge is -2.12. The zero-order valence-electron chi connectivity index (χ0n) is 47.4. The molecule has 0 saturated heterocycles. The van der Waals surface area contributed by atoms with Crippen molar-refractivity contribution >= 4 is 43.6 Å². The second-order valence-corrected chi connectivity index (χ2v) is 22.1. The van der Waals surface area contributed by atoms with Gasteiger partial charge in [0.2, 0.25) is 0 Å². The SMILES string of the molecule is c1ccc2ncc(-c3ccc(-c4cc(-c5ccc(-c6ccc(-c7cc(-c8ccc(-c9cnc%10ccccc%10c9)cc8)nc(-c8ccc(-c9cnc%10ccccc%10c9)cc8)n7)cc6)cc5)nc(-c5ccc(-c6cnc7ccccc7c6)cc5)n4)cc3)cc2c1. The molecule has 0 amide bonds. The van der Waals surface area contributed by atoms with E-state index in [1.165, 1.54) is 0 Å². The van der Waals surface area contributed by atoms with Gasteiger partial charge >= 0.3 is 0 Å². The number of fused-ring (bicyclic) bond motifs is 4. The van der Waals surface area contributed by atoms with E-state index in [1.807, 2.05) is 97.6 Å². The molecule has 10 aromatic carbocycles. The summed E-state index contributed by atoms with van der Waals surface area (Å²) in [6, 6.07) is 97.0.